The first kappa shape index (κ1) is 23.6. The molecule has 2 N–H and O–H groups in total. The molecule has 0 heterocycles. The molecule has 0 bridgehead atoms. The summed E-state index contributed by atoms with van der Waals surface area (Å²) in [5.41, 5.74) is 3.61. The molecule has 1 atom stereocenters. The number of benzene rings is 3. The fourth-order valence-electron chi connectivity index (χ4n) is 3.27. The van der Waals surface area contributed by atoms with E-state index in [-0.39, 0.29) is 18.4 Å². The van der Waals surface area contributed by atoms with Crippen LogP contribution in [0.25, 0.3) is 0 Å². The third-order valence-electron chi connectivity index (χ3n) is 5.30. The van der Waals surface area contributed by atoms with Gasteiger partial charge in [0.15, 0.2) is 0 Å². The quantitative estimate of drug-likeness (QED) is 0.489. The number of rotatable bonds is 8. The number of aryl methyl sites for hydroxylation is 2. The second-order valence-electron chi connectivity index (χ2n) is 7.81. The summed E-state index contributed by atoms with van der Waals surface area (Å²) in [7, 11) is 1.78. The molecule has 32 heavy (non-hydrogen) atoms. The van der Waals surface area contributed by atoms with Crippen LogP contribution < -0.4 is 10.6 Å². The molecular weight excluding hydrogens is 418 g/mol. The van der Waals surface area contributed by atoms with Gasteiger partial charge >= 0.3 is 0 Å². The summed E-state index contributed by atoms with van der Waals surface area (Å²) in [5.74, 6) is -0.307. The molecule has 1 unspecified atom stereocenters. The van der Waals surface area contributed by atoms with Crippen molar-refractivity contribution in [2.75, 3.05) is 24.2 Å². The molecule has 5 nitrogen and oxygen atoms in total. The van der Waals surface area contributed by atoms with Gasteiger partial charge in [-0.25, -0.2) is 0 Å². The number of carbonyl (C=O) groups excluding carboxylic acids is 2. The van der Waals surface area contributed by atoms with Crippen LogP contribution in [-0.2, 0) is 9.59 Å². The number of nitrogens with one attached hydrogen (secondary N) is 2. The molecule has 0 saturated heterocycles. The molecule has 0 saturated carbocycles. The summed E-state index contributed by atoms with van der Waals surface area (Å²) in [6.07, 6.45) is 0. The normalized spacial score (nSPS) is 11.8. The van der Waals surface area contributed by atoms with Crippen molar-refractivity contribution < 1.29 is 9.59 Å². The van der Waals surface area contributed by atoms with Gasteiger partial charge in [-0.2, -0.15) is 0 Å². The van der Waals surface area contributed by atoms with Crippen LogP contribution in [0.4, 0.5) is 11.4 Å². The van der Waals surface area contributed by atoms with Crippen molar-refractivity contribution in [2.45, 2.75) is 36.6 Å². The van der Waals surface area contributed by atoms with E-state index in [9.17, 15) is 9.59 Å². The minimum Gasteiger partial charge on any atom is -0.324 e. The minimum absolute atomic E-state index is 0.114. The molecule has 0 aliphatic rings. The lowest BCUT2D eigenvalue weighted by atomic mass is 10.1. The summed E-state index contributed by atoms with van der Waals surface area (Å²) >= 11 is 1.60. The standard InChI is InChI=1S/C26H29N3O2S/c1-18-11-10-12-19(2)25(18)28-24(30)17-29(4)20(3)26(31)27-22-15-8-9-16-23(22)32-21-13-6-5-7-14-21/h5-16,20H,17H2,1-4H3,(H,27,31)(H,28,30). The maximum absolute atomic E-state index is 12.9. The first-order valence-electron chi connectivity index (χ1n) is 10.5. The molecular formula is C26H29N3O2S. The van der Waals surface area contributed by atoms with Crippen molar-refractivity contribution in [3.05, 3.63) is 83.9 Å². The van der Waals surface area contributed by atoms with Crippen molar-refractivity contribution >= 4 is 35.0 Å². The van der Waals surface area contributed by atoms with Crippen molar-refractivity contribution in [2.24, 2.45) is 0 Å². The maximum Gasteiger partial charge on any atom is 0.241 e. The average Bonchev–Trinajstić information content (AvgIpc) is 2.78. The summed E-state index contributed by atoms with van der Waals surface area (Å²) in [6, 6.07) is 23.2. The molecule has 2 amide bonds. The Bertz CT molecular complexity index is 1070. The van der Waals surface area contributed by atoms with Gasteiger partial charge in [0.2, 0.25) is 11.8 Å². The highest BCUT2D eigenvalue weighted by molar-refractivity contribution is 7.99. The van der Waals surface area contributed by atoms with Crippen LogP contribution in [0.2, 0.25) is 0 Å². The zero-order valence-electron chi connectivity index (χ0n) is 18.9. The van der Waals surface area contributed by atoms with E-state index in [1.807, 2.05) is 86.6 Å². The predicted molar refractivity (Wildman–Crippen MR) is 132 cm³/mol. The first-order chi connectivity index (χ1) is 15.3. The molecule has 3 aromatic carbocycles. The maximum atomic E-state index is 12.9. The van der Waals surface area contributed by atoms with E-state index >= 15 is 0 Å². The van der Waals surface area contributed by atoms with E-state index in [0.29, 0.717) is 0 Å². The Morgan fingerprint density at radius 2 is 1.50 bits per heavy atom. The number of hydrogen-bond acceptors (Lipinski definition) is 4. The van der Waals surface area contributed by atoms with Gasteiger partial charge in [0.25, 0.3) is 0 Å². The number of carbonyl (C=O) groups is 2. The highest BCUT2D eigenvalue weighted by atomic mass is 32.2. The van der Waals surface area contributed by atoms with E-state index in [2.05, 4.69) is 10.6 Å². The van der Waals surface area contributed by atoms with E-state index < -0.39 is 6.04 Å². The highest BCUT2D eigenvalue weighted by Gasteiger charge is 2.21. The molecule has 6 heteroatoms. The van der Waals surface area contributed by atoms with Crippen LogP contribution in [0.1, 0.15) is 18.1 Å². The lowest BCUT2D eigenvalue weighted by Crippen LogP contribution is -2.43. The topological polar surface area (TPSA) is 61.4 Å². The molecule has 0 fully saturated rings. The Morgan fingerprint density at radius 1 is 0.875 bits per heavy atom. The van der Waals surface area contributed by atoms with Crippen molar-refractivity contribution in [1.29, 1.82) is 0 Å². The van der Waals surface area contributed by atoms with Gasteiger partial charge in [-0.15, -0.1) is 0 Å². The molecule has 3 rings (SSSR count). The highest BCUT2D eigenvalue weighted by Crippen LogP contribution is 2.33. The smallest absolute Gasteiger partial charge is 0.241 e. The fourth-order valence-corrected chi connectivity index (χ4v) is 4.19. The van der Waals surface area contributed by atoms with Gasteiger partial charge < -0.3 is 10.6 Å². The SMILES string of the molecule is Cc1cccc(C)c1NC(=O)CN(C)C(C)C(=O)Nc1ccccc1Sc1ccccc1. The number of anilines is 2. The minimum atomic E-state index is -0.478. The van der Waals surface area contributed by atoms with E-state index in [1.165, 1.54) is 0 Å². The van der Waals surface area contributed by atoms with Crippen LogP contribution >= 0.6 is 11.8 Å². The molecule has 0 aromatic heterocycles. The van der Waals surface area contributed by atoms with Gasteiger partial charge in [-0.05, 0) is 63.2 Å². The Morgan fingerprint density at radius 3 is 2.19 bits per heavy atom. The number of hydrogen-bond donors (Lipinski definition) is 2. The third-order valence-corrected chi connectivity index (χ3v) is 6.38. The van der Waals surface area contributed by atoms with Gasteiger partial charge in [-0.1, -0.05) is 60.3 Å². The number of amides is 2. The van der Waals surface area contributed by atoms with Crippen LogP contribution in [0.15, 0.2) is 82.6 Å². The van der Waals surface area contributed by atoms with Crippen LogP contribution in [0, 0.1) is 13.8 Å². The van der Waals surface area contributed by atoms with Crippen molar-refractivity contribution in [1.82, 2.24) is 4.90 Å². The molecule has 3 aromatic rings. The summed E-state index contributed by atoms with van der Waals surface area (Å²) in [4.78, 5) is 29.3. The van der Waals surface area contributed by atoms with E-state index in [1.54, 1.807) is 30.6 Å². The van der Waals surface area contributed by atoms with Crippen molar-refractivity contribution in [3.8, 4) is 0 Å². The number of para-hydroxylation sites is 2. The molecule has 166 valence electrons. The van der Waals surface area contributed by atoms with Crippen LogP contribution in [0.3, 0.4) is 0 Å². The largest absolute Gasteiger partial charge is 0.324 e. The predicted octanol–water partition coefficient (Wildman–Crippen LogP) is 5.35. The second-order valence-corrected chi connectivity index (χ2v) is 8.92. The molecule has 0 spiro atoms. The summed E-state index contributed by atoms with van der Waals surface area (Å²) < 4.78 is 0. The summed E-state index contributed by atoms with van der Waals surface area (Å²) in [6.45, 7) is 5.85. The van der Waals surface area contributed by atoms with E-state index in [0.717, 1.165) is 32.3 Å². The monoisotopic (exact) mass is 447 g/mol. The van der Waals surface area contributed by atoms with Gasteiger partial charge in [-0.3, -0.25) is 14.5 Å². The second kappa shape index (κ2) is 11.0. The number of nitrogens with zero attached hydrogens (tertiary/aromatic N) is 1. The van der Waals surface area contributed by atoms with E-state index in [4.69, 9.17) is 0 Å². The lowest BCUT2D eigenvalue weighted by molar-refractivity contribution is -0.122. The molecule has 0 aliphatic carbocycles. The molecule has 0 radical (unpaired) electrons. The molecule has 0 aliphatic heterocycles. The Hall–Kier alpha value is -3.09. The third kappa shape index (κ3) is 6.22. The Labute approximate surface area is 194 Å². The van der Waals surface area contributed by atoms with Gasteiger partial charge in [0, 0.05) is 15.5 Å². The number of likely N-dealkylation sites (N-methyl/N-ethyl adjacent to an activating group) is 1. The Balaban J connectivity index is 1.61. The average molecular weight is 448 g/mol. The summed E-state index contributed by atoms with van der Waals surface area (Å²) in [5, 5.41) is 5.99. The first-order valence-corrected chi connectivity index (χ1v) is 11.4. The lowest BCUT2D eigenvalue weighted by Gasteiger charge is -2.24. The fraction of sp³-hybridized carbons (Fsp3) is 0.231. The van der Waals surface area contributed by atoms with Crippen molar-refractivity contribution in [3.63, 3.8) is 0 Å². The van der Waals surface area contributed by atoms with Crippen LogP contribution in [-0.4, -0.2) is 36.3 Å². The Kier molecular flexibility index (Phi) is 8.09. The van der Waals surface area contributed by atoms with Gasteiger partial charge in [0.1, 0.15) is 0 Å². The zero-order chi connectivity index (χ0) is 23.1. The van der Waals surface area contributed by atoms with Crippen LogP contribution in [0.5, 0.6) is 0 Å². The van der Waals surface area contributed by atoms with Gasteiger partial charge in [0.05, 0.1) is 18.3 Å². The zero-order valence-corrected chi connectivity index (χ0v) is 19.7.